The number of rotatable bonds is 6. The maximum atomic E-state index is 11.5. The van der Waals surface area contributed by atoms with Crippen LogP contribution in [0, 0.1) is 0 Å². The number of alkyl carbamates (subject to hydrolysis) is 1. The van der Waals surface area contributed by atoms with Crippen molar-refractivity contribution in [2.45, 2.75) is 39.3 Å². The normalized spacial score (nSPS) is 11.7. The predicted octanol–water partition coefficient (Wildman–Crippen LogP) is 1.66. The predicted molar refractivity (Wildman–Crippen MR) is 91.3 cm³/mol. The molecule has 0 spiro atoms. The van der Waals surface area contributed by atoms with Crippen molar-refractivity contribution in [3.63, 3.8) is 0 Å². The van der Waals surface area contributed by atoms with Gasteiger partial charge >= 0.3 is 6.09 Å². The number of guanidine groups is 1. The van der Waals surface area contributed by atoms with E-state index in [9.17, 15) is 4.79 Å². The Bertz CT molecular complexity index is 497. The smallest absolute Gasteiger partial charge is 0.407 e. The van der Waals surface area contributed by atoms with Crippen LogP contribution in [-0.2, 0) is 11.3 Å². The van der Waals surface area contributed by atoms with E-state index in [1.54, 1.807) is 13.2 Å². The third-order valence-corrected chi connectivity index (χ3v) is 2.70. The standard InChI is InChI=1S/C16H27N5O2/c1-16(2,3)23-15(22)20-11-7-10-19-14(17-4)21-12-13-8-5-6-9-18-13/h5-6,8-9H,7,10-12H2,1-4H3,(H,20,22)(H2,17,19,21). The average Bonchev–Trinajstić information content (AvgIpc) is 2.49. The molecule has 1 aromatic heterocycles. The highest BCUT2D eigenvalue weighted by Gasteiger charge is 2.15. The molecule has 0 aliphatic carbocycles. The van der Waals surface area contributed by atoms with Crippen molar-refractivity contribution >= 4 is 12.1 Å². The van der Waals surface area contributed by atoms with Gasteiger partial charge in [-0.3, -0.25) is 9.98 Å². The van der Waals surface area contributed by atoms with Gasteiger partial charge in [-0.15, -0.1) is 0 Å². The average molecular weight is 321 g/mol. The molecule has 1 aromatic rings. The Labute approximate surface area is 137 Å². The summed E-state index contributed by atoms with van der Waals surface area (Å²) in [6, 6.07) is 5.78. The lowest BCUT2D eigenvalue weighted by Crippen LogP contribution is -2.39. The van der Waals surface area contributed by atoms with Gasteiger partial charge in [0.05, 0.1) is 12.2 Å². The first-order chi connectivity index (χ1) is 10.9. The Morgan fingerprint density at radius 2 is 1.96 bits per heavy atom. The second-order valence-electron chi connectivity index (χ2n) is 5.96. The number of aromatic nitrogens is 1. The summed E-state index contributed by atoms with van der Waals surface area (Å²) in [6.45, 7) is 7.36. The number of carbonyl (C=O) groups is 1. The molecule has 0 saturated carbocycles. The van der Waals surface area contributed by atoms with Gasteiger partial charge in [0.2, 0.25) is 0 Å². The van der Waals surface area contributed by atoms with Crippen LogP contribution in [0.25, 0.3) is 0 Å². The minimum Gasteiger partial charge on any atom is -0.444 e. The van der Waals surface area contributed by atoms with E-state index in [-0.39, 0.29) is 0 Å². The van der Waals surface area contributed by atoms with Crippen LogP contribution < -0.4 is 16.0 Å². The number of nitrogens with one attached hydrogen (secondary N) is 3. The minimum atomic E-state index is -0.472. The number of pyridine rings is 1. The number of ether oxygens (including phenoxy) is 1. The highest BCUT2D eigenvalue weighted by Crippen LogP contribution is 2.06. The lowest BCUT2D eigenvalue weighted by Gasteiger charge is -2.19. The zero-order valence-electron chi connectivity index (χ0n) is 14.3. The van der Waals surface area contributed by atoms with Gasteiger partial charge in [-0.05, 0) is 39.3 Å². The van der Waals surface area contributed by atoms with Crippen LogP contribution in [0.1, 0.15) is 32.9 Å². The fraction of sp³-hybridized carbons (Fsp3) is 0.562. The number of amides is 1. The molecule has 1 amide bonds. The van der Waals surface area contributed by atoms with Gasteiger partial charge in [-0.25, -0.2) is 4.79 Å². The molecule has 7 nitrogen and oxygen atoms in total. The zero-order chi connectivity index (χ0) is 17.1. The summed E-state index contributed by atoms with van der Waals surface area (Å²) in [4.78, 5) is 19.9. The number of aliphatic imine (C=N–C) groups is 1. The lowest BCUT2D eigenvalue weighted by atomic mass is 10.2. The summed E-state index contributed by atoms with van der Waals surface area (Å²) in [5.41, 5.74) is 0.474. The molecule has 0 aromatic carbocycles. The Morgan fingerprint density at radius 3 is 2.57 bits per heavy atom. The quantitative estimate of drug-likeness (QED) is 0.421. The molecule has 1 heterocycles. The van der Waals surface area contributed by atoms with Gasteiger partial charge in [-0.2, -0.15) is 0 Å². The second kappa shape index (κ2) is 9.66. The fourth-order valence-corrected chi connectivity index (χ4v) is 1.70. The topological polar surface area (TPSA) is 87.6 Å². The van der Waals surface area contributed by atoms with Gasteiger partial charge in [-0.1, -0.05) is 6.07 Å². The monoisotopic (exact) mass is 321 g/mol. The van der Waals surface area contributed by atoms with Crippen molar-refractivity contribution in [1.29, 1.82) is 0 Å². The van der Waals surface area contributed by atoms with Crippen molar-refractivity contribution < 1.29 is 9.53 Å². The van der Waals surface area contributed by atoms with Gasteiger partial charge in [0.1, 0.15) is 5.60 Å². The van der Waals surface area contributed by atoms with Crippen molar-refractivity contribution in [1.82, 2.24) is 20.9 Å². The van der Waals surface area contributed by atoms with Crippen LogP contribution in [-0.4, -0.2) is 42.8 Å². The summed E-state index contributed by atoms with van der Waals surface area (Å²) < 4.78 is 5.16. The fourth-order valence-electron chi connectivity index (χ4n) is 1.70. The molecule has 0 unspecified atom stereocenters. The van der Waals surface area contributed by atoms with Crippen LogP contribution >= 0.6 is 0 Å². The molecule has 0 saturated heterocycles. The molecule has 1 rings (SSSR count). The molecule has 0 aliphatic rings. The Hall–Kier alpha value is -2.31. The number of nitrogens with zero attached hydrogens (tertiary/aromatic N) is 2. The number of hydrogen-bond donors (Lipinski definition) is 3. The van der Waals surface area contributed by atoms with E-state index in [1.807, 2.05) is 39.0 Å². The van der Waals surface area contributed by atoms with Crippen LogP contribution in [0.15, 0.2) is 29.4 Å². The molecular formula is C16H27N5O2. The molecule has 7 heteroatoms. The summed E-state index contributed by atoms with van der Waals surface area (Å²) in [5, 5.41) is 9.08. The molecule has 0 bridgehead atoms. The molecule has 128 valence electrons. The third-order valence-electron chi connectivity index (χ3n) is 2.70. The van der Waals surface area contributed by atoms with E-state index in [0.29, 0.717) is 25.6 Å². The van der Waals surface area contributed by atoms with Gasteiger partial charge in [0.15, 0.2) is 5.96 Å². The molecule has 0 fully saturated rings. The molecule has 0 aliphatic heterocycles. The Kier molecular flexibility index (Phi) is 7.87. The van der Waals surface area contributed by atoms with Gasteiger partial charge < -0.3 is 20.7 Å². The van der Waals surface area contributed by atoms with E-state index in [0.717, 1.165) is 12.1 Å². The molecule has 0 radical (unpaired) electrons. The van der Waals surface area contributed by atoms with E-state index in [4.69, 9.17) is 4.74 Å². The first-order valence-corrected chi connectivity index (χ1v) is 7.72. The molecule has 23 heavy (non-hydrogen) atoms. The van der Waals surface area contributed by atoms with Gasteiger partial charge in [0, 0.05) is 26.3 Å². The maximum absolute atomic E-state index is 11.5. The van der Waals surface area contributed by atoms with Crippen LogP contribution in [0.3, 0.4) is 0 Å². The van der Waals surface area contributed by atoms with E-state index in [2.05, 4.69) is 25.9 Å². The first kappa shape index (κ1) is 18.7. The number of hydrogen-bond acceptors (Lipinski definition) is 4. The largest absolute Gasteiger partial charge is 0.444 e. The summed E-state index contributed by atoms with van der Waals surface area (Å²) in [5.74, 6) is 0.702. The maximum Gasteiger partial charge on any atom is 0.407 e. The lowest BCUT2D eigenvalue weighted by molar-refractivity contribution is 0.0527. The van der Waals surface area contributed by atoms with Crippen LogP contribution in [0.2, 0.25) is 0 Å². The Balaban J connectivity index is 2.15. The van der Waals surface area contributed by atoms with E-state index >= 15 is 0 Å². The van der Waals surface area contributed by atoms with Crippen molar-refractivity contribution in [3.05, 3.63) is 30.1 Å². The summed E-state index contributed by atoms with van der Waals surface area (Å²) >= 11 is 0. The first-order valence-electron chi connectivity index (χ1n) is 7.72. The zero-order valence-corrected chi connectivity index (χ0v) is 14.3. The van der Waals surface area contributed by atoms with E-state index < -0.39 is 11.7 Å². The van der Waals surface area contributed by atoms with Crippen molar-refractivity contribution in [2.75, 3.05) is 20.1 Å². The van der Waals surface area contributed by atoms with Crippen molar-refractivity contribution in [3.8, 4) is 0 Å². The van der Waals surface area contributed by atoms with Gasteiger partial charge in [0.25, 0.3) is 0 Å². The molecule has 0 atom stereocenters. The van der Waals surface area contributed by atoms with E-state index in [1.165, 1.54) is 0 Å². The summed E-state index contributed by atoms with van der Waals surface area (Å²) in [7, 11) is 1.71. The molecule has 3 N–H and O–H groups in total. The second-order valence-corrected chi connectivity index (χ2v) is 5.96. The Morgan fingerprint density at radius 1 is 1.22 bits per heavy atom. The highest BCUT2D eigenvalue weighted by molar-refractivity contribution is 5.79. The SMILES string of the molecule is CN=C(NCCCNC(=O)OC(C)(C)C)NCc1ccccn1. The molecular weight excluding hydrogens is 294 g/mol. The third kappa shape index (κ3) is 9.34. The van der Waals surface area contributed by atoms with Crippen LogP contribution in [0.5, 0.6) is 0 Å². The highest BCUT2D eigenvalue weighted by atomic mass is 16.6. The minimum absolute atomic E-state index is 0.393. The van der Waals surface area contributed by atoms with Crippen molar-refractivity contribution in [2.24, 2.45) is 4.99 Å². The van der Waals surface area contributed by atoms with Crippen LogP contribution in [0.4, 0.5) is 4.79 Å². The number of carbonyl (C=O) groups excluding carboxylic acids is 1. The summed E-state index contributed by atoms with van der Waals surface area (Å²) in [6.07, 6.45) is 2.13.